The SMILES string of the molecule is C=S(C)(=O)N(C)[C@@H]1CCC[C@H]1Cc1nc(Nc2cc(Cl)c(C(=O)NC3CCN(C)CC3)cc2OC)ncc1C(F)(F)F.COc1cc(C(=O)NC2CCN(C)CC2)c(Cl)cc1Nc1ncc(C(F)(F)F)c(C[C@@H]2CCCC[C@H]2N(C)S(C)(=O)=O)n1.COc1cc(C(=O)NC2CCN(C)CC2)c(F)cc1Nc1ncc(Cl)c(C[C@@H]2CCC[C@H]2N(C)S(C)(=O)=O)n1. The first-order valence-corrected chi connectivity index (χ1v) is 47.9. The van der Waals surface area contributed by atoms with Gasteiger partial charge in [-0.1, -0.05) is 60.5 Å². The second-order valence-electron chi connectivity index (χ2n) is 33.0. The molecule has 3 aromatic carbocycles. The number of alkyl halides is 6. The molecule has 6 heterocycles. The number of hydrogen-bond acceptors (Lipinski definition) is 23. The van der Waals surface area contributed by atoms with Gasteiger partial charge in [0.2, 0.25) is 37.9 Å². The zero-order valence-electron chi connectivity index (χ0n) is 71.6. The molecule has 29 nitrogen and oxygen atoms in total. The summed E-state index contributed by atoms with van der Waals surface area (Å²) in [7, 11) is 5.71. The molecule has 124 heavy (non-hydrogen) atoms. The maximum absolute atomic E-state index is 15.1. The number of nitrogens with zero attached hydrogens (tertiary/aromatic N) is 12. The highest BCUT2D eigenvalue weighted by Crippen LogP contribution is 2.43. The summed E-state index contributed by atoms with van der Waals surface area (Å²) in [6.07, 6.45) is 10.2. The van der Waals surface area contributed by atoms with Gasteiger partial charge in [-0.3, -0.25) is 18.6 Å². The highest BCUT2D eigenvalue weighted by molar-refractivity contribution is 7.97. The van der Waals surface area contributed by atoms with E-state index in [0.29, 0.717) is 48.5 Å². The standard InChI is InChI=1S/C28H38ClF3N6O4S.C28H38ClF3N6O3S.C26H36ClFN6O4S/c1-37-11-9-18(10-12-37)34-26(39)19-14-25(42-3)23(15-21(19)29)36-27-33-16-20(28(30,31)32)22(35-27)13-17-7-5-6-8-24(17)38(2)43(4,40)41;1-37-11-9-18(10-12-37)34-26(39)19-14-25(41-3)23(15-21(19)29)36-27-33-16-20(28(30,31)32)22(35-27)13-17-7-6-8-24(17)38(2)42(4,5)40;1-33-10-8-17(9-11-33)30-25(35)18-13-24(38-3)22(14-20(18)28)32-26-29-15-19(27)21(31-26)12-16-6-5-7-23(16)34(2)39(4,36)37/h14-18,24H,5-13H2,1-4H3,(H,34,39)(H,33,35,36);14-18,24H,4,6-13H2,1-3,5H3,(H,34,39)(H,33,35,36);13-17,23H,5-12H2,1-4H3,(H,30,35)(H,29,31,32)/t17-,24+;17-,24+,42?;16-,23+/m000/s1. The Balaban J connectivity index is 0.000000195. The smallest absolute Gasteiger partial charge is 0.419 e. The fourth-order valence-corrected chi connectivity index (χ4v) is 19.9. The highest BCUT2D eigenvalue weighted by atomic mass is 35.5. The van der Waals surface area contributed by atoms with E-state index in [4.69, 9.17) is 49.0 Å². The molecular formula is C82H112Cl3F7N18O11S3. The molecule has 0 bridgehead atoms. The van der Waals surface area contributed by atoms with Gasteiger partial charge in [-0.2, -0.15) is 26.3 Å². The summed E-state index contributed by atoms with van der Waals surface area (Å²) >= 11 is 19.4. The topological polar surface area (TPSA) is 333 Å². The number of piperidine rings is 3. The van der Waals surface area contributed by atoms with Gasteiger partial charge in [0, 0.05) is 84.8 Å². The molecule has 1 unspecified atom stereocenters. The van der Waals surface area contributed by atoms with Crippen LogP contribution in [0.3, 0.4) is 0 Å². The van der Waals surface area contributed by atoms with Crippen molar-refractivity contribution in [2.24, 2.45) is 17.8 Å². The highest BCUT2D eigenvalue weighted by Gasteiger charge is 2.42. The summed E-state index contributed by atoms with van der Waals surface area (Å²) in [5.41, 5.74) is -0.565. The number of sulfonamides is 2. The second-order valence-corrected chi connectivity index (χ2v) is 40.8. The summed E-state index contributed by atoms with van der Waals surface area (Å²) in [4.78, 5) is 70.5. The van der Waals surface area contributed by atoms with Gasteiger partial charge in [0.1, 0.15) is 23.1 Å². The molecule has 3 aliphatic carbocycles. The third-order valence-corrected chi connectivity index (χ3v) is 29.3. The van der Waals surface area contributed by atoms with Crippen molar-refractivity contribution in [2.45, 2.75) is 171 Å². The lowest BCUT2D eigenvalue weighted by Crippen LogP contribution is -2.44. The number of carbonyl (C=O) groups excluding carboxylic acids is 3. The predicted octanol–water partition coefficient (Wildman–Crippen LogP) is 12.8. The van der Waals surface area contributed by atoms with E-state index in [-0.39, 0.29) is 157 Å². The summed E-state index contributed by atoms with van der Waals surface area (Å²) in [5.74, 6) is 2.11. The van der Waals surface area contributed by atoms with Crippen molar-refractivity contribution in [3.8, 4) is 17.2 Å². The van der Waals surface area contributed by atoms with Crippen LogP contribution in [0.15, 0.2) is 55.0 Å². The number of nitrogens with one attached hydrogen (secondary N) is 6. The van der Waals surface area contributed by atoms with E-state index in [0.717, 1.165) is 135 Å². The van der Waals surface area contributed by atoms with Crippen molar-refractivity contribution < 1.29 is 80.4 Å². The largest absolute Gasteiger partial charge is 0.495 e. The molecule has 6 aliphatic rings. The monoisotopic (exact) mass is 1860 g/mol. The Morgan fingerprint density at radius 2 is 0.758 bits per heavy atom. The van der Waals surface area contributed by atoms with Crippen molar-refractivity contribution in [3.63, 3.8) is 0 Å². The number of aromatic nitrogens is 6. The van der Waals surface area contributed by atoms with Crippen molar-refractivity contribution in [3.05, 3.63) is 121 Å². The molecule has 6 fully saturated rings. The number of methoxy groups -OCH3 is 3. The molecule has 3 saturated carbocycles. The molecule has 42 heteroatoms. The second kappa shape index (κ2) is 42.4. The molecule has 3 aliphatic heterocycles. The summed E-state index contributed by atoms with van der Waals surface area (Å²) in [5, 5.41) is 18.4. The van der Waals surface area contributed by atoms with E-state index in [1.54, 1.807) is 18.4 Å². The molecule has 3 amide bonds. The number of benzene rings is 3. The Morgan fingerprint density at radius 3 is 1.11 bits per heavy atom. The number of likely N-dealkylation sites (tertiary alicyclic amines) is 3. The van der Waals surface area contributed by atoms with Gasteiger partial charge in [-0.15, -0.1) is 0 Å². The zero-order valence-corrected chi connectivity index (χ0v) is 76.4. The van der Waals surface area contributed by atoms with Gasteiger partial charge in [-0.05, 0) is 218 Å². The summed E-state index contributed by atoms with van der Waals surface area (Å²) < 4.78 is 181. The molecule has 684 valence electrons. The maximum atomic E-state index is 15.1. The average Bonchev–Trinajstić information content (AvgIpc) is 0.877. The van der Waals surface area contributed by atoms with Gasteiger partial charge in [0.05, 0.1) is 117 Å². The van der Waals surface area contributed by atoms with Gasteiger partial charge in [0.15, 0.2) is 0 Å². The van der Waals surface area contributed by atoms with Crippen molar-refractivity contribution in [1.29, 1.82) is 0 Å². The Hall–Kier alpha value is -7.83. The Bertz CT molecular complexity index is 5110. The molecule has 3 aromatic heterocycles. The first kappa shape index (κ1) is 98.3. The van der Waals surface area contributed by atoms with Gasteiger partial charge in [-0.25, -0.2) is 64.0 Å². The fraction of sp³-hybridized carbons (Fsp3) is 0.585. The van der Waals surface area contributed by atoms with E-state index in [1.165, 1.54) is 92.1 Å². The van der Waals surface area contributed by atoms with Crippen molar-refractivity contribution >= 4 is 123 Å². The van der Waals surface area contributed by atoms with Crippen molar-refractivity contribution in [2.75, 3.05) is 138 Å². The first-order valence-electron chi connectivity index (χ1n) is 41.0. The van der Waals surface area contributed by atoms with Crippen LogP contribution in [0, 0.1) is 23.6 Å². The Morgan fingerprint density at radius 1 is 0.452 bits per heavy atom. The fourth-order valence-electron chi connectivity index (χ4n) is 16.8. The van der Waals surface area contributed by atoms with Crippen LogP contribution in [0.5, 0.6) is 17.2 Å². The predicted molar refractivity (Wildman–Crippen MR) is 467 cm³/mol. The number of hydrogen-bond donors (Lipinski definition) is 6. The number of rotatable bonds is 27. The summed E-state index contributed by atoms with van der Waals surface area (Å²) in [6, 6.07) is 7.71. The van der Waals surface area contributed by atoms with E-state index in [2.05, 4.69) is 82.4 Å². The average molecular weight is 1860 g/mol. The molecular weight excluding hydrogens is 1750 g/mol. The van der Waals surface area contributed by atoms with Crippen LogP contribution in [-0.4, -0.2) is 260 Å². The lowest BCUT2D eigenvalue weighted by molar-refractivity contribution is -0.139. The lowest BCUT2D eigenvalue weighted by atomic mass is 9.81. The molecule has 7 atom stereocenters. The van der Waals surface area contributed by atoms with Gasteiger partial charge >= 0.3 is 12.4 Å². The molecule has 6 aromatic rings. The molecule has 3 saturated heterocycles. The van der Waals surface area contributed by atoms with Crippen LogP contribution in [-0.2, 0) is 61.4 Å². The normalized spacial score (nSPS) is 21.1. The first-order chi connectivity index (χ1) is 58.3. The van der Waals surface area contributed by atoms with Crippen LogP contribution in [0.4, 0.5) is 65.6 Å². The molecule has 6 N–H and O–H groups in total. The number of amides is 3. The van der Waals surface area contributed by atoms with Crippen LogP contribution >= 0.6 is 34.8 Å². The van der Waals surface area contributed by atoms with E-state index in [9.17, 15) is 61.8 Å². The van der Waals surface area contributed by atoms with Crippen LogP contribution in [0.1, 0.15) is 162 Å². The van der Waals surface area contributed by atoms with E-state index >= 15 is 4.39 Å². The minimum atomic E-state index is -4.70. The van der Waals surface area contributed by atoms with Crippen molar-refractivity contribution in [1.82, 2.24) is 73.5 Å². The van der Waals surface area contributed by atoms with E-state index < -0.39 is 71.0 Å². The Kier molecular flexibility index (Phi) is 33.6. The summed E-state index contributed by atoms with van der Waals surface area (Å²) in [6.45, 7) is 5.25. The lowest BCUT2D eigenvalue weighted by Gasteiger charge is -2.37. The van der Waals surface area contributed by atoms with Crippen LogP contribution in [0.25, 0.3) is 0 Å². The number of carbonyl (C=O) groups is 3. The number of halogens is 10. The maximum Gasteiger partial charge on any atom is 0.419 e. The zero-order chi connectivity index (χ0) is 90.7. The third-order valence-electron chi connectivity index (χ3n) is 24.2. The molecule has 12 rings (SSSR count). The molecule has 0 spiro atoms. The van der Waals surface area contributed by atoms with E-state index in [1.807, 2.05) is 21.1 Å². The Labute approximate surface area is 736 Å². The molecule has 0 radical (unpaired) electrons. The number of anilines is 6. The minimum Gasteiger partial charge on any atom is -0.495 e. The minimum absolute atomic E-state index is 0.00512. The quantitative estimate of drug-likeness (QED) is 0.0206. The van der Waals surface area contributed by atoms with Crippen LogP contribution < -0.4 is 46.1 Å². The van der Waals surface area contributed by atoms with Crippen LogP contribution in [0.2, 0.25) is 15.1 Å². The van der Waals surface area contributed by atoms with Gasteiger partial charge in [0.25, 0.3) is 17.7 Å². The third kappa shape index (κ3) is 26.2. The van der Waals surface area contributed by atoms with Gasteiger partial charge < -0.3 is 60.8 Å². The number of ether oxygens (including phenoxy) is 3.